The summed E-state index contributed by atoms with van der Waals surface area (Å²) in [5.74, 6) is -0.663. The largest absolute Gasteiger partial charge is 0.458 e. The number of carbonyl (C=O) groups excluding carboxylic acids is 2. The van der Waals surface area contributed by atoms with E-state index in [0.717, 1.165) is 6.42 Å². The Hall–Kier alpha value is -1.38. The lowest BCUT2D eigenvalue weighted by molar-refractivity contribution is -0.148. The van der Waals surface area contributed by atoms with Crippen LogP contribution < -0.4 is 0 Å². The molecule has 0 aromatic heterocycles. The van der Waals surface area contributed by atoms with Gasteiger partial charge >= 0.3 is 5.97 Å². The highest BCUT2D eigenvalue weighted by Gasteiger charge is 2.11. The fourth-order valence-corrected chi connectivity index (χ4v) is 1.07. The molecule has 0 aliphatic carbocycles. The van der Waals surface area contributed by atoms with Crippen LogP contribution in [0.3, 0.4) is 0 Å². The molecule has 1 unspecified atom stereocenters. The summed E-state index contributed by atoms with van der Waals surface area (Å²) in [5.41, 5.74) is 0. The minimum absolute atomic E-state index is 0.159. The smallest absolute Gasteiger partial charge is 0.313 e. The third-order valence-corrected chi connectivity index (χ3v) is 1.79. The van der Waals surface area contributed by atoms with Crippen LogP contribution in [0, 0.1) is 0 Å². The maximum atomic E-state index is 11.1. The summed E-state index contributed by atoms with van der Waals surface area (Å²) < 4.78 is 5.05. The highest BCUT2D eigenvalue weighted by atomic mass is 16.5. The average Bonchev–Trinajstić information content (AvgIpc) is 2.15. The van der Waals surface area contributed by atoms with E-state index >= 15 is 0 Å². The van der Waals surface area contributed by atoms with Crippen molar-refractivity contribution in [3.8, 4) is 0 Å². The van der Waals surface area contributed by atoms with Gasteiger partial charge in [-0.05, 0) is 26.7 Å². The van der Waals surface area contributed by atoms with Crippen molar-refractivity contribution in [3.05, 3.63) is 24.8 Å². The van der Waals surface area contributed by atoms with Gasteiger partial charge in [0, 0.05) is 0 Å². The van der Waals surface area contributed by atoms with Gasteiger partial charge in [0.25, 0.3) is 0 Å². The van der Waals surface area contributed by atoms with Crippen LogP contribution >= 0.6 is 0 Å². The number of carbonyl (C=O) groups is 2. The quantitative estimate of drug-likeness (QED) is 0.368. The maximum absolute atomic E-state index is 11.1. The van der Waals surface area contributed by atoms with Gasteiger partial charge in [-0.2, -0.15) is 0 Å². The van der Waals surface area contributed by atoms with Crippen LogP contribution in [0.1, 0.15) is 33.1 Å². The van der Waals surface area contributed by atoms with E-state index in [1.54, 1.807) is 6.08 Å². The fraction of sp³-hybridized carbons (Fsp3) is 0.500. The molecule has 3 nitrogen and oxygen atoms in total. The molecule has 0 bridgehead atoms. The zero-order chi connectivity index (χ0) is 11.7. The van der Waals surface area contributed by atoms with Crippen molar-refractivity contribution in [2.45, 2.75) is 39.2 Å². The lowest BCUT2D eigenvalue weighted by Crippen LogP contribution is -2.17. The van der Waals surface area contributed by atoms with Crippen LogP contribution in [0.2, 0.25) is 0 Å². The van der Waals surface area contributed by atoms with Gasteiger partial charge in [0.15, 0.2) is 0 Å². The molecule has 0 aliphatic rings. The van der Waals surface area contributed by atoms with E-state index in [4.69, 9.17) is 4.74 Å². The monoisotopic (exact) mass is 210 g/mol. The third kappa shape index (κ3) is 7.67. The molecule has 84 valence electrons. The second-order valence-corrected chi connectivity index (χ2v) is 3.29. The van der Waals surface area contributed by atoms with Crippen LogP contribution in [0.5, 0.6) is 0 Å². The number of hydrogen-bond acceptors (Lipinski definition) is 3. The Kier molecular flexibility index (Phi) is 7.24. The Morgan fingerprint density at radius 3 is 2.60 bits per heavy atom. The van der Waals surface area contributed by atoms with E-state index in [1.807, 2.05) is 19.1 Å². The van der Waals surface area contributed by atoms with Crippen LogP contribution in [0.15, 0.2) is 24.8 Å². The molecule has 0 rings (SSSR count). The van der Waals surface area contributed by atoms with E-state index in [2.05, 4.69) is 6.58 Å². The lowest BCUT2D eigenvalue weighted by Gasteiger charge is -2.12. The summed E-state index contributed by atoms with van der Waals surface area (Å²) in [6.07, 6.45) is 6.61. The van der Waals surface area contributed by atoms with Gasteiger partial charge < -0.3 is 4.74 Å². The Labute approximate surface area is 90.8 Å². The molecular formula is C12H18O3. The number of ketones is 1. The van der Waals surface area contributed by atoms with E-state index in [1.165, 1.54) is 6.92 Å². The van der Waals surface area contributed by atoms with E-state index < -0.39 is 5.97 Å². The molecule has 0 aromatic carbocycles. The second kappa shape index (κ2) is 7.97. The van der Waals surface area contributed by atoms with Gasteiger partial charge in [-0.25, -0.2) is 0 Å². The lowest BCUT2D eigenvalue weighted by atomic mass is 10.2. The molecule has 1 atom stereocenters. The summed E-state index contributed by atoms with van der Waals surface area (Å²) in [6.45, 7) is 6.89. The molecule has 0 amide bonds. The first kappa shape index (κ1) is 13.6. The summed E-state index contributed by atoms with van der Waals surface area (Å²) in [6, 6.07) is 0. The minimum atomic E-state index is -0.479. The number of Topliss-reactive ketones (excluding diaryl/α,β-unsaturated/α-hetero) is 1. The molecule has 0 heterocycles. The van der Waals surface area contributed by atoms with Gasteiger partial charge in [0.1, 0.15) is 18.3 Å². The minimum Gasteiger partial charge on any atom is -0.458 e. The standard InChI is InChI=1S/C12H18O3/c1-4-6-7-8-11(5-2)15-12(14)9-10(3)13/h4-6,11H,2,7-9H2,1,3H3. The zero-order valence-electron chi connectivity index (χ0n) is 9.36. The molecule has 0 spiro atoms. The van der Waals surface area contributed by atoms with Crippen molar-refractivity contribution in [2.24, 2.45) is 0 Å². The fourth-order valence-electron chi connectivity index (χ4n) is 1.07. The molecule has 0 fully saturated rings. The van der Waals surface area contributed by atoms with Gasteiger partial charge in [-0.15, -0.1) is 0 Å². The molecule has 0 radical (unpaired) electrons. The summed E-state index contributed by atoms with van der Waals surface area (Å²) >= 11 is 0. The molecule has 0 aliphatic heterocycles. The predicted molar refractivity (Wildman–Crippen MR) is 59.4 cm³/mol. The van der Waals surface area contributed by atoms with Crippen molar-refractivity contribution in [1.29, 1.82) is 0 Å². The number of hydrogen-bond donors (Lipinski definition) is 0. The maximum Gasteiger partial charge on any atom is 0.313 e. The topological polar surface area (TPSA) is 43.4 Å². The highest BCUT2D eigenvalue weighted by molar-refractivity contribution is 5.94. The molecule has 3 heteroatoms. The molecule has 15 heavy (non-hydrogen) atoms. The SMILES string of the molecule is C=CC(CCC=CC)OC(=O)CC(C)=O. The van der Waals surface area contributed by atoms with Gasteiger partial charge in [-0.3, -0.25) is 9.59 Å². The van der Waals surface area contributed by atoms with Crippen molar-refractivity contribution in [1.82, 2.24) is 0 Å². The number of rotatable bonds is 7. The van der Waals surface area contributed by atoms with Crippen LogP contribution in [0.4, 0.5) is 0 Å². The Bertz CT molecular complexity index is 254. The van der Waals surface area contributed by atoms with Crippen molar-refractivity contribution in [2.75, 3.05) is 0 Å². The molecular weight excluding hydrogens is 192 g/mol. The Balaban J connectivity index is 3.92. The van der Waals surface area contributed by atoms with Crippen LogP contribution in [0.25, 0.3) is 0 Å². The Morgan fingerprint density at radius 2 is 2.13 bits per heavy atom. The van der Waals surface area contributed by atoms with Crippen molar-refractivity contribution < 1.29 is 14.3 Å². The first-order valence-corrected chi connectivity index (χ1v) is 5.02. The zero-order valence-corrected chi connectivity index (χ0v) is 9.36. The highest BCUT2D eigenvalue weighted by Crippen LogP contribution is 2.06. The summed E-state index contributed by atoms with van der Waals surface area (Å²) in [7, 11) is 0. The molecule has 0 aromatic rings. The number of allylic oxidation sites excluding steroid dienone is 2. The van der Waals surface area contributed by atoms with Gasteiger partial charge in [0.05, 0.1) is 0 Å². The predicted octanol–water partition coefficient (Wildman–Crippen LogP) is 2.42. The van der Waals surface area contributed by atoms with Crippen molar-refractivity contribution >= 4 is 11.8 Å². The van der Waals surface area contributed by atoms with Crippen molar-refractivity contribution in [3.63, 3.8) is 0 Å². The first-order chi connectivity index (χ1) is 7.10. The van der Waals surface area contributed by atoms with Crippen LogP contribution in [-0.2, 0) is 14.3 Å². The van der Waals surface area contributed by atoms with Gasteiger partial charge in [0.2, 0.25) is 0 Å². The number of esters is 1. The third-order valence-electron chi connectivity index (χ3n) is 1.79. The number of ether oxygens (including phenoxy) is 1. The second-order valence-electron chi connectivity index (χ2n) is 3.29. The summed E-state index contributed by atoms with van der Waals surface area (Å²) in [5, 5.41) is 0. The molecule has 0 saturated carbocycles. The van der Waals surface area contributed by atoms with E-state index in [-0.39, 0.29) is 18.3 Å². The average molecular weight is 210 g/mol. The van der Waals surface area contributed by atoms with E-state index in [9.17, 15) is 9.59 Å². The molecule has 0 saturated heterocycles. The van der Waals surface area contributed by atoms with E-state index in [0.29, 0.717) is 6.42 Å². The van der Waals surface area contributed by atoms with Crippen LogP contribution in [-0.4, -0.2) is 17.9 Å². The summed E-state index contributed by atoms with van der Waals surface area (Å²) in [4.78, 5) is 21.8. The molecule has 0 N–H and O–H groups in total. The Morgan fingerprint density at radius 1 is 1.47 bits per heavy atom. The van der Waals surface area contributed by atoms with Gasteiger partial charge in [-0.1, -0.05) is 24.8 Å². The first-order valence-electron chi connectivity index (χ1n) is 5.02. The normalized spacial score (nSPS) is 12.4.